The molecule has 0 atom stereocenters. The summed E-state index contributed by atoms with van der Waals surface area (Å²) in [5.74, 6) is 0. The van der Waals surface area contributed by atoms with Crippen molar-refractivity contribution in [1.82, 2.24) is 4.91 Å². The van der Waals surface area contributed by atoms with Crippen molar-refractivity contribution in [2.75, 3.05) is 0 Å². The van der Waals surface area contributed by atoms with E-state index in [1.165, 1.54) is 0 Å². The molecule has 3 nitrogen and oxygen atoms in total. The van der Waals surface area contributed by atoms with Gasteiger partial charge < -0.3 is 0 Å². The normalized spacial score (nSPS) is 3.71. The minimum absolute atomic E-state index is 0. The van der Waals surface area contributed by atoms with Crippen LogP contribution >= 0.6 is 0 Å². The molecule has 36 valence electrons. The predicted molar refractivity (Wildman–Crippen MR) is 26.5 cm³/mol. The first kappa shape index (κ1) is 15.6. The fourth-order valence-electron chi connectivity index (χ4n) is 0. The molecule has 0 radical (unpaired) electrons. The summed E-state index contributed by atoms with van der Waals surface area (Å²) in [6, 6.07) is 0. The van der Waals surface area contributed by atoms with Crippen LogP contribution in [-0.2, 0) is 0 Å². The molecule has 0 aromatic heterocycles. The summed E-state index contributed by atoms with van der Waals surface area (Å²) in [5.41, 5.74) is 11.0. The van der Waals surface area contributed by atoms with E-state index >= 15 is 0 Å². The molecule has 0 saturated carbocycles. The molecule has 0 unspecified atom stereocenters. The molecule has 0 aromatic rings. The van der Waals surface area contributed by atoms with Crippen LogP contribution in [0.4, 0.5) is 0 Å². The Bertz CT molecular complexity index is 42.2. The van der Waals surface area contributed by atoms with Gasteiger partial charge in [-0.1, -0.05) is 0 Å². The topological polar surface area (TPSA) is 61.8 Å². The van der Waals surface area contributed by atoms with E-state index in [0.29, 0.717) is 0 Å². The molecular formula is C2H9N3NaSi+. The fraction of sp³-hybridized carbons (Fsp3) is 1.00. The SMILES string of the molecule is C[SiH-]C.N=[N+]=N.[Na+]. The van der Waals surface area contributed by atoms with Gasteiger partial charge in [-0.15, -0.1) is 0 Å². The van der Waals surface area contributed by atoms with Crippen LogP contribution in [0.15, 0.2) is 0 Å². The van der Waals surface area contributed by atoms with Gasteiger partial charge in [0.15, 0.2) is 0 Å². The second-order valence-electron chi connectivity index (χ2n) is 0.689. The molecule has 0 rings (SSSR count). The van der Waals surface area contributed by atoms with Crippen LogP contribution in [-0.4, -0.2) is 9.52 Å². The van der Waals surface area contributed by atoms with Crippen LogP contribution in [0, 0.1) is 11.1 Å². The van der Waals surface area contributed by atoms with E-state index in [9.17, 15) is 0 Å². The van der Waals surface area contributed by atoms with Crippen molar-refractivity contribution in [1.29, 1.82) is 11.1 Å². The Morgan fingerprint density at radius 1 is 1.29 bits per heavy atom. The first-order chi connectivity index (χ1) is 2.83. The van der Waals surface area contributed by atoms with Gasteiger partial charge in [0.2, 0.25) is 4.91 Å². The number of nitrogens with zero attached hydrogens (tertiary/aromatic N) is 1. The van der Waals surface area contributed by atoms with Crippen LogP contribution in [0.2, 0.25) is 13.1 Å². The van der Waals surface area contributed by atoms with Crippen molar-refractivity contribution >= 4 is 9.52 Å². The van der Waals surface area contributed by atoms with Crippen molar-refractivity contribution in [3.8, 4) is 0 Å². The maximum absolute atomic E-state index is 5.50. The van der Waals surface area contributed by atoms with Gasteiger partial charge in [-0.2, -0.15) is 13.1 Å². The van der Waals surface area contributed by atoms with Gasteiger partial charge >= 0.3 is 29.6 Å². The summed E-state index contributed by atoms with van der Waals surface area (Å²) < 4.78 is 0. The zero-order valence-electron chi connectivity index (χ0n) is 5.02. The second kappa shape index (κ2) is 31.2. The Morgan fingerprint density at radius 2 is 1.29 bits per heavy atom. The third-order valence-electron chi connectivity index (χ3n) is 0. The van der Waals surface area contributed by atoms with Gasteiger partial charge in [-0.3, -0.25) is 9.52 Å². The minimum Gasteiger partial charge on any atom is -0.286 e. The minimum atomic E-state index is 0. The molecule has 0 fully saturated rings. The van der Waals surface area contributed by atoms with Crippen molar-refractivity contribution in [3.63, 3.8) is 0 Å². The standard InChI is InChI=1S/C2H7Si.H2N3.Na/c2*1-3-2;/h3H,1-2H3;1-2H;/q-1;2*+1. The third-order valence-corrected chi connectivity index (χ3v) is 0. The van der Waals surface area contributed by atoms with E-state index in [2.05, 4.69) is 13.1 Å². The Morgan fingerprint density at radius 3 is 1.29 bits per heavy atom. The number of hydrogen-bond donors (Lipinski definition) is 2. The van der Waals surface area contributed by atoms with Crippen molar-refractivity contribution in [3.05, 3.63) is 0 Å². The Balaban J connectivity index is -0.0000000400. The summed E-state index contributed by atoms with van der Waals surface area (Å²) in [5, 5.41) is 0. The largest absolute Gasteiger partial charge is 1.00 e. The van der Waals surface area contributed by atoms with Gasteiger partial charge in [-0.25, -0.2) is 0 Å². The third kappa shape index (κ3) is 482. The van der Waals surface area contributed by atoms with Gasteiger partial charge in [0.1, 0.15) is 11.1 Å². The predicted octanol–water partition coefficient (Wildman–Crippen LogP) is -2.36. The van der Waals surface area contributed by atoms with E-state index in [1.54, 1.807) is 0 Å². The van der Waals surface area contributed by atoms with Crippen LogP contribution in [0.1, 0.15) is 0 Å². The van der Waals surface area contributed by atoms with Gasteiger partial charge in [-0.05, 0) is 0 Å². The van der Waals surface area contributed by atoms with E-state index in [0.717, 1.165) is 9.52 Å². The Hall–Kier alpha value is 0.527. The molecule has 0 heterocycles. The van der Waals surface area contributed by atoms with E-state index in [1.807, 2.05) is 4.91 Å². The maximum Gasteiger partial charge on any atom is 1.00 e. The summed E-state index contributed by atoms with van der Waals surface area (Å²) in [6.45, 7) is 4.42. The molecule has 2 N–H and O–H groups in total. The first-order valence-electron chi connectivity index (χ1n) is 1.60. The van der Waals surface area contributed by atoms with Crippen LogP contribution in [0.3, 0.4) is 0 Å². The maximum atomic E-state index is 5.50. The Kier molecular flexibility index (Phi) is 69.8. The zero-order valence-corrected chi connectivity index (χ0v) is 8.18. The molecule has 5 heteroatoms. The van der Waals surface area contributed by atoms with E-state index in [-0.39, 0.29) is 29.6 Å². The summed E-state index contributed by atoms with van der Waals surface area (Å²) in [4.78, 5) is 2.00. The van der Waals surface area contributed by atoms with Crippen LogP contribution < -0.4 is 34.5 Å². The monoisotopic (exact) mass is 126 g/mol. The quantitative estimate of drug-likeness (QED) is 0.207. The average molecular weight is 126 g/mol. The number of nitrogens with one attached hydrogen (secondary N) is 2. The molecule has 0 amide bonds. The van der Waals surface area contributed by atoms with Gasteiger partial charge in [0.25, 0.3) is 0 Å². The van der Waals surface area contributed by atoms with Crippen LogP contribution in [0.25, 0.3) is 0 Å². The molecule has 0 aromatic carbocycles. The average Bonchev–Trinajstić information content (AvgIpc) is 1.39. The fourth-order valence-corrected chi connectivity index (χ4v) is 0. The molecule has 0 bridgehead atoms. The molecule has 0 aliphatic rings. The van der Waals surface area contributed by atoms with E-state index in [4.69, 9.17) is 11.1 Å². The second-order valence-corrected chi connectivity index (χ2v) is 1.84. The molecule has 0 saturated heterocycles. The Labute approximate surface area is 68.0 Å². The van der Waals surface area contributed by atoms with Crippen LogP contribution in [0.5, 0.6) is 0 Å². The molecule has 7 heavy (non-hydrogen) atoms. The smallest absolute Gasteiger partial charge is 0.286 e. The van der Waals surface area contributed by atoms with Crippen molar-refractivity contribution in [2.45, 2.75) is 13.1 Å². The molecular weight excluding hydrogens is 117 g/mol. The van der Waals surface area contributed by atoms with E-state index < -0.39 is 0 Å². The van der Waals surface area contributed by atoms with Crippen molar-refractivity contribution in [2.24, 2.45) is 0 Å². The van der Waals surface area contributed by atoms with Crippen molar-refractivity contribution < 1.29 is 29.6 Å². The molecule has 0 spiro atoms. The van der Waals surface area contributed by atoms with Gasteiger partial charge in [0.05, 0.1) is 0 Å². The summed E-state index contributed by atoms with van der Waals surface area (Å²) in [6.07, 6.45) is 0. The summed E-state index contributed by atoms with van der Waals surface area (Å²) >= 11 is 0. The number of rotatable bonds is 0. The van der Waals surface area contributed by atoms with Gasteiger partial charge in [0, 0.05) is 0 Å². The first-order valence-corrected chi connectivity index (χ1v) is 3.91. The summed E-state index contributed by atoms with van der Waals surface area (Å²) in [7, 11) is 0.750. The molecule has 0 aliphatic carbocycles. The molecule has 0 aliphatic heterocycles. The number of hydrogen-bond acceptors (Lipinski definition) is 2. The zero-order chi connectivity index (χ0) is 5.41.